The van der Waals surface area contributed by atoms with E-state index < -0.39 is 0 Å². The van der Waals surface area contributed by atoms with Crippen molar-refractivity contribution in [2.45, 2.75) is 11.7 Å². The minimum absolute atomic E-state index is 0.124. The first kappa shape index (κ1) is 15.7. The summed E-state index contributed by atoms with van der Waals surface area (Å²) in [5.41, 5.74) is 0.971. The average molecular weight is 348 g/mol. The highest BCUT2D eigenvalue weighted by molar-refractivity contribution is 7.99. The first-order chi connectivity index (χ1) is 11.2. The van der Waals surface area contributed by atoms with Crippen LogP contribution in [0, 0.1) is 5.82 Å². The maximum Gasteiger partial charge on any atom is 0.236 e. The molecule has 23 heavy (non-hydrogen) atoms. The van der Waals surface area contributed by atoms with Crippen molar-refractivity contribution in [1.29, 1.82) is 0 Å². The number of benzene rings is 1. The van der Waals surface area contributed by atoms with E-state index in [9.17, 15) is 9.18 Å². The van der Waals surface area contributed by atoms with E-state index in [0.717, 1.165) is 10.7 Å². The van der Waals surface area contributed by atoms with Crippen LogP contribution >= 0.6 is 23.1 Å². The van der Waals surface area contributed by atoms with Crippen LogP contribution in [0.2, 0.25) is 0 Å². The molecule has 2 heterocycles. The SMILES string of the molecule is O=C(CSc1nccn1Cc1ccc(F)cc1)Nc1nccs1. The molecule has 0 saturated heterocycles. The second-order valence-electron chi connectivity index (χ2n) is 4.64. The van der Waals surface area contributed by atoms with E-state index in [1.807, 2.05) is 10.8 Å². The van der Waals surface area contributed by atoms with Crippen LogP contribution in [0.5, 0.6) is 0 Å². The first-order valence-electron chi connectivity index (χ1n) is 6.78. The molecule has 0 aliphatic carbocycles. The molecule has 0 spiro atoms. The zero-order valence-corrected chi connectivity index (χ0v) is 13.6. The van der Waals surface area contributed by atoms with Crippen molar-refractivity contribution in [1.82, 2.24) is 14.5 Å². The number of hydrogen-bond donors (Lipinski definition) is 1. The number of hydrogen-bond acceptors (Lipinski definition) is 5. The molecule has 5 nitrogen and oxygen atoms in total. The Bertz CT molecular complexity index is 771. The van der Waals surface area contributed by atoms with Crippen LogP contribution in [-0.2, 0) is 11.3 Å². The van der Waals surface area contributed by atoms with Crippen LogP contribution in [-0.4, -0.2) is 26.2 Å². The first-order valence-corrected chi connectivity index (χ1v) is 8.65. The number of halogens is 1. The second-order valence-corrected chi connectivity index (χ2v) is 6.48. The zero-order valence-electron chi connectivity index (χ0n) is 12.0. The summed E-state index contributed by atoms with van der Waals surface area (Å²) in [4.78, 5) is 20.1. The van der Waals surface area contributed by atoms with E-state index in [1.165, 1.54) is 35.2 Å². The molecule has 1 N–H and O–H groups in total. The third-order valence-electron chi connectivity index (χ3n) is 2.95. The third kappa shape index (κ3) is 4.40. The molecule has 0 aliphatic rings. The Kier molecular flexibility index (Phi) is 5.04. The van der Waals surface area contributed by atoms with Gasteiger partial charge in [-0.2, -0.15) is 0 Å². The summed E-state index contributed by atoms with van der Waals surface area (Å²) in [6.07, 6.45) is 5.16. The monoisotopic (exact) mass is 348 g/mol. The van der Waals surface area contributed by atoms with Crippen molar-refractivity contribution < 1.29 is 9.18 Å². The summed E-state index contributed by atoms with van der Waals surface area (Å²) in [5.74, 6) is -0.130. The molecule has 2 aromatic heterocycles. The van der Waals surface area contributed by atoms with Crippen molar-refractivity contribution in [3.63, 3.8) is 0 Å². The fourth-order valence-electron chi connectivity index (χ4n) is 1.91. The van der Waals surface area contributed by atoms with Crippen molar-refractivity contribution >= 4 is 34.1 Å². The van der Waals surface area contributed by atoms with Crippen LogP contribution in [0.15, 0.2) is 53.4 Å². The van der Waals surface area contributed by atoms with Crippen molar-refractivity contribution in [3.05, 3.63) is 59.6 Å². The molecule has 3 rings (SSSR count). The number of thiazole rings is 1. The molecule has 3 aromatic rings. The summed E-state index contributed by atoms with van der Waals surface area (Å²) >= 11 is 2.73. The maximum absolute atomic E-state index is 12.9. The quantitative estimate of drug-likeness (QED) is 0.695. The lowest BCUT2D eigenvalue weighted by Crippen LogP contribution is -2.14. The van der Waals surface area contributed by atoms with Crippen LogP contribution in [0.3, 0.4) is 0 Å². The highest BCUT2D eigenvalue weighted by atomic mass is 32.2. The van der Waals surface area contributed by atoms with E-state index in [1.54, 1.807) is 29.9 Å². The average Bonchev–Trinajstić information content (AvgIpc) is 3.19. The number of thioether (sulfide) groups is 1. The Labute approximate surface area is 140 Å². The molecule has 0 saturated carbocycles. The smallest absolute Gasteiger partial charge is 0.236 e. The Morgan fingerprint density at radius 2 is 2.09 bits per heavy atom. The highest BCUT2D eigenvalue weighted by Gasteiger charge is 2.09. The maximum atomic E-state index is 12.9. The molecule has 1 amide bonds. The number of aromatic nitrogens is 3. The summed E-state index contributed by atoms with van der Waals surface area (Å²) in [6, 6.07) is 6.33. The van der Waals surface area contributed by atoms with Gasteiger partial charge in [0.2, 0.25) is 5.91 Å². The molecule has 0 bridgehead atoms. The van der Waals surface area contributed by atoms with E-state index in [4.69, 9.17) is 0 Å². The van der Waals surface area contributed by atoms with Crippen LogP contribution < -0.4 is 5.32 Å². The lowest BCUT2D eigenvalue weighted by Gasteiger charge is -2.07. The van der Waals surface area contributed by atoms with E-state index in [2.05, 4.69) is 15.3 Å². The lowest BCUT2D eigenvalue weighted by atomic mass is 10.2. The predicted molar refractivity (Wildman–Crippen MR) is 89.2 cm³/mol. The fraction of sp³-hybridized carbons (Fsp3) is 0.133. The van der Waals surface area contributed by atoms with Gasteiger partial charge in [0.1, 0.15) is 5.82 Å². The number of carbonyl (C=O) groups excluding carboxylic acids is 1. The Balaban J connectivity index is 1.57. The second kappa shape index (κ2) is 7.38. The minimum Gasteiger partial charge on any atom is -0.322 e. The molecule has 0 unspecified atom stereocenters. The number of imidazole rings is 1. The molecular weight excluding hydrogens is 335 g/mol. The van der Waals surface area contributed by atoms with E-state index >= 15 is 0 Å². The van der Waals surface area contributed by atoms with Gasteiger partial charge >= 0.3 is 0 Å². The highest BCUT2D eigenvalue weighted by Crippen LogP contribution is 2.18. The number of rotatable bonds is 6. The van der Waals surface area contributed by atoms with Crippen molar-refractivity contribution in [3.8, 4) is 0 Å². The fourth-order valence-corrected chi connectivity index (χ4v) is 3.22. The van der Waals surface area contributed by atoms with Gasteiger partial charge in [0.15, 0.2) is 10.3 Å². The van der Waals surface area contributed by atoms with Crippen molar-refractivity contribution in [2.24, 2.45) is 0 Å². The lowest BCUT2D eigenvalue weighted by molar-refractivity contribution is -0.113. The molecule has 0 radical (unpaired) electrons. The van der Waals surface area contributed by atoms with Gasteiger partial charge in [-0.1, -0.05) is 23.9 Å². The molecule has 0 fully saturated rings. The third-order valence-corrected chi connectivity index (χ3v) is 4.65. The number of nitrogens with one attached hydrogen (secondary N) is 1. The van der Waals surface area contributed by atoms with Gasteiger partial charge in [0, 0.05) is 30.5 Å². The molecule has 0 aliphatic heterocycles. The molecular formula is C15H13FN4OS2. The summed E-state index contributed by atoms with van der Waals surface area (Å²) in [6.45, 7) is 0.580. The van der Waals surface area contributed by atoms with Gasteiger partial charge in [-0.3, -0.25) is 4.79 Å². The van der Waals surface area contributed by atoms with Gasteiger partial charge < -0.3 is 9.88 Å². The van der Waals surface area contributed by atoms with Gasteiger partial charge in [-0.15, -0.1) is 11.3 Å². The Hall–Kier alpha value is -2.19. The Morgan fingerprint density at radius 1 is 1.26 bits per heavy atom. The zero-order chi connectivity index (χ0) is 16.1. The summed E-state index contributed by atoms with van der Waals surface area (Å²) in [7, 11) is 0. The predicted octanol–water partition coefficient (Wildman–Crippen LogP) is 3.26. The van der Waals surface area contributed by atoms with Crippen molar-refractivity contribution in [2.75, 3.05) is 11.1 Å². The molecule has 118 valence electrons. The normalized spacial score (nSPS) is 10.7. The van der Waals surface area contributed by atoms with Crippen LogP contribution in [0.25, 0.3) is 0 Å². The number of anilines is 1. The number of carbonyl (C=O) groups is 1. The molecule has 0 atom stereocenters. The van der Waals surface area contributed by atoms with Crippen LogP contribution in [0.1, 0.15) is 5.56 Å². The number of amides is 1. The standard InChI is InChI=1S/C15H13FN4OS2/c16-12-3-1-11(2-4-12)9-20-7-5-18-15(20)23-10-13(21)19-14-17-6-8-22-14/h1-8H,9-10H2,(H,17,19,21). The largest absolute Gasteiger partial charge is 0.322 e. The number of nitrogens with zero attached hydrogens (tertiary/aromatic N) is 3. The van der Waals surface area contributed by atoms with Gasteiger partial charge in [0.05, 0.1) is 5.75 Å². The van der Waals surface area contributed by atoms with Gasteiger partial charge in [-0.05, 0) is 17.7 Å². The summed E-state index contributed by atoms with van der Waals surface area (Å²) in [5, 5.41) is 5.86. The van der Waals surface area contributed by atoms with E-state index in [0.29, 0.717) is 11.7 Å². The molecule has 8 heteroatoms. The van der Waals surface area contributed by atoms with Gasteiger partial charge in [0.25, 0.3) is 0 Å². The van der Waals surface area contributed by atoms with Crippen LogP contribution in [0.4, 0.5) is 9.52 Å². The minimum atomic E-state index is -0.257. The molecule has 1 aromatic carbocycles. The topological polar surface area (TPSA) is 59.8 Å². The van der Waals surface area contributed by atoms with E-state index in [-0.39, 0.29) is 17.5 Å². The van der Waals surface area contributed by atoms with Gasteiger partial charge in [-0.25, -0.2) is 14.4 Å². The Morgan fingerprint density at radius 3 is 2.83 bits per heavy atom. The summed E-state index contributed by atoms with van der Waals surface area (Å²) < 4.78 is 14.9.